The Labute approximate surface area is 181 Å². The lowest BCUT2D eigenvalue weighted by Crippen LogP contribution is -2.21. The van der Waals surface area contributed by atoms with E-state index in [1.807, 2.05) is 16.3 Å². The highest BCUT2D eigenvalue weighted by atomic mass is 31.2. The Morgan fingerprint density at radius 1 is 1.13 bits per heavy atom. The van der Waals surface area contributed by atoms with Crippen LogP contribution in [0.5, 0.6) is 11.5 Å². The summed E-state index contributed by atoms with van der Waals surface area (Å²) in [5, 5.41) is 9.51. The zero-order valence-corrected chi connectivity index (χ0v) is 18.7. The van der Waals surface area contributed by atoms with Crippen molar-refractivity contribution in [2.24, 2.45) is 0 Å². The topological polar surface area (TPSA) is 94.1 Å². The molecule has 2 saturated heterocycles. The van der Waals surface area contributed by atoms with Crippen molar-refractivity contribution >= 4 is 19.3 Å². The lowest BCUT2D eigenvalue weighted by atomic mass is 10.1. The van der Waals surface area contributed by atoms with Crippen LogP contribution < -0.4 is 10.2 Å². The van der Waals surface area contributed by atoms with Crippen molar-refractivity contribution in [3.63, 3.8) is 0 Å². The third-order valence-electron chi connectivity index (χ3n) is 5.17. The van der Waals surface area contributed by atoms with Crippen LogP contribution in [0, 0.1) is 0 Å². The Morgan fingerprint density at radius 3 is 2.39 bits per heavy atom. The number of nitrogens with one attached hydrogen (secondary N) is 1. The van der Waals surface area contributed by atoms with E-state index in [-0.39, 0.29) is 5.91 Å². The third kappa shape index (κ3) is 4.76. The fourth-order valence-electron chi connectivity index (χ4n) is 3.22. The highest BCUT2D eigenvalue weighted by molar-refractivity contribution is 7.54. The molecule has 0 bridgehead atoms. The lowest BCUT2D eigenvalue weighted by Gasteiger charge is -2.24. The SMILES string of the molecule is C[C@H](OP(=O)(N1CC1)N1CC1)c1ccc(NO)c(Oc2cccc(C(=O)N(C)C)c2)c1. The van der Waals surface area contributed by atoms with Crippen molar-refractivity contribution in [1.82, 2.24) is 14.2 Å². The van der Waals surface area contributed by atoms with Gasteiger partial charge in [-0.05, 0) is 42.8 Å². The fraction of sp³-hybridized carbons (Fsp3) is 0.381. The number of nitrogens with zero attached hydrogens (tertiary/aromatic N) is 3. The molecule has 0 radical (unpaired) electrons. The summed E-state index contributed by atoms with van der Waals surface area (Å²) >= 11 is 0. The minimum Gasteiger partial charge on any atom is -0.455 e. The molecule has 0 spiro atoms. The average molecular weight is 446 g/mol. The first-order valence-corrected chi connectivity index (χ1v) is 11.7. The third-order valence-corrected chi connectivity index (χ3v) is 7.99. The molecule has 2 aromatic carbocycles. The maximum atomic E-state index is 13.3. The summed E-state index contributed by atoms with van der Waals surface area (Å²) in [5.74, 6) is 0.676. The van der Waals surface area contributed by atoms with E-state index < -0.39 is 13.8 Å². The van der Waals surface area contributed by atoms with Crippen molar-refractivity contribution in [2.75, 3.05) is 45.8 Å². The van der Waals surface area contributed by atoms with Crippen molar-refractivity contribution in [3.05, 3.63) is 53.6 Å². The van der Waals surface area contributed by atoms with E-state index >= 15 is 0 Å². The van der Waals surface area contributed by atoms with Crippen LogP contribution in [0.1, 0.15) is 28.9 Å². The summed E-state index contributed by atoms with van der Waals surface area (Å²) < 4.78 is 29.0. The van der Waals surface area contributed by atoms with Gasteiger partial charge in [-0.1, -0.05) is 12.1 Å². The molecular weight excluding hydrogens is 419 g/mol. The van der Waals surface area contributed by atoms with Gasteiger partial charge in [-0.15, -0.1) is 0 Å². The van der Waals surface area contributed by atoms with Gasteiger partial charge in [-0.2, -0.15) is 0 Å². The Morgan fingerprint density at radius 2 is 1.81 bits per heavy atom. The van der Waals surface area contributed by atoms with Gasteiger partial charge in [0, 0.05) is 45.8 Å². The van der Waals surface area contributed by atoms with E-state index in [1.54, 1.807) is 56.6 Å². The Hall–Kier alpha value is -2.42. The molecule has 2 heterocycles. The Bertz CT molecular complexity index is 1010. The number of ether oxygens (including phenoxy) is 1. The minimum atomic E-state index is -2.97. The second-order valence-corrected chi connectivity index (χ2v) is 10.2. The monoisotopic (exact) mass is 446 g/mol. The minimum absolute atomic E-state index is 0.136. The first-order valence-electron chi connectivity index (χ1n) is 10.1. The van der Waals surface area contributed by atoms with E-state index in [0.717, 1.165) is 31.7 Å². The number of rotatable bonds is 9. The van der Waals surface area contributed by atoms with Gasteiger partial charge in [0.2, 0.25) is 0 Å². The van der Waals surface area contributed by atoms with Crippen LogP contribution in [0.3, 0.4) is 0 Å². The molecule has 2 aliphatic heterocycles. The predicted molar refractivity (Wildman–Crippen MR) is 117 cm³/mol. The molecule has 2 aliphatic rings. The van der Waals surface area contributed by atoms with E-state index in [2.05, 4.69) is 5.48 Å². The first-order chi connectivity index (χ1) is 14.8. The molecule has 0 aliphatic carbocycles. The van der Waals surface area contributed by atoms with Crippen LogP contribution >= 0.6 is 7.67 Å². The Kier molecular flexibility index (Phi) is 6.05. The fourth-order valence-corrected chi connectivity index (χ4v) is 5.57. The highest BCUT2D eigenvalue weighted by Crippen LogP contribution is 2.63. The summed E-state index contributed by atoms with van der Waals surface area (Å²) in [4.78, 5) is 13.7. The maximum Gasteiger partial charge on any atom is 0.346 e. The van der Waals surface area contributed by atoms with Crippen LogP contribution in [0.25, 0.3) is 0 Å². The van der Waals surface area contributed by atoms with Gasteiger partial charge in [-0.3, -0.25) is 24.6 Å². The molecule has 10 heteroatoms. The quantitative estimate of drug-likeness (QED) is 0.341. The molecule has 4 rings (SSSR count). The number of carbonyl (C=O) groups is 1. The summed E-state index contributed by atoms with van der Waals surface area (Å²) in [5.41, 5.74) is 3.75. The predicted octanol–water partition coefficient (Wildman–Crippen LogP) is 3.80. The van der Waals surface area contributed by atoms with Gasteiger partial charge in [0.1, 0.15) is 11.4 Å². The summed E-state index contributed by atoms with van der Waals surface area (Å²) in [6.45, 7) is 4.98. The van der Waals surface area contributed by atoms with Crippen LogP contribution in [0.2, 0.25) is 0 Å². The normalized spacial score (nSPS) is 17.2. The van der Waals surface area contributed by atoms with Gasteiger partial charge >= 0.3 is 7.67 Å². The molecule has 0 aromatic heterocycles. The molecule has 2 N–H and O–H groups in total. The van der Waals surface area contributed by atoms with Gasteiger partial charge < -0.3 is 9.64 Å². The van der Waals surface area contributed by atoms with Gasteiger partial charge in [0.05, 0.1) is 6.10 Å². The van der Waals surface area contributed by atoms with Crippen LogP contribution in [0.4, 0.5) is 5.69 Å². The van der Waals surface area contributed by atoms with Crippen molar-refractivity contribution in [2.45, 2.75) is 13.0 Å². The zero-order valence-electron chi connectivity index (χ0n) is 17.8. The van der Waals surface area contributed by atoms with E-state index in [1.165, 1.54) is 4.90 Å². The Balaban J connectivity index is 1.56. The molecule has 31 heavy (non-hydrogen) atoms. The summed E-state index contributed by atoms with van der Waals surface area (Å²) in [6, 6.07) is 12.0. The second kappa shape index (κ2) is 8.61. The molecule has 166 valence electrons. The zero-order chi connectivity index (χ0) is 22.2. The molecule has 9 nitrogen and oxygen atoms in total. The number of carbonyl (C=O) groups excluding carboxylic acids is 1. The smallest absolute Gasteiger partial charge is 0.346 e. The lowest BCUT2D eigenvalue weighted by molar-refractivity contribution is 0.0827. The molecule has 1 amide bonds. The number of benzene rings is 2. The number of hydrogen-bond acceptors (Lipinski definition) is 6. The molecule has 2 aromatic rings. The molecule has 0 unspecified atom stereocenters. The molecule has 0 saturated carbocycles. The van der Waals surface area contributed by atoms with Gasteiger partial charge in [0.15, 0.2) is 5.75 Å². The van der Waals surface area contributed by atoms with Crippen molar-refractivity contribution in [3.8, 4) is 11.5 Å². The number of amides is 1. The average Bonchev–Trinajstić information content (AvgIpc) is 3.65. The van der Waals surface area contributed by atoms with Gasteiger partial charge in [0.25, 0.3) is 5.91 Å². The second-order valence-electron chi connectivity index (χ2n) is 7.84. The number of hydrogen-bond donors (Lipinski definition) is 2. The van der Waals surface area contributed by atoms with Crippen molar-refractivity contribution < 1.29 is 23.8 Å². The van der Waals surface area contributed by atoms with Crippen molar-refractivity contribution in [1.29, 1.82) is 0 Å². The standard InChI is InChI=1S/C21H27N4O5P/c1-15(30-31(28,24-9-10-24)25-11-12-25)16-7-8-19(22-27)20(14-16)29-18-6-4-5-17(13-18)21(26)23(2)3/h4-8,13-15,22,27H,9-12H2,1-3H3/t15-/m0/s1. The van der Waals surface area contributed by atoms with Gasteiger partial charge in [-0.25, -0.2) is 9.34 Å². The largest absolute Gasteiger partial charge is 0.455 e. The maximum absolute atomic E-state index is 13.3. The summed E-state index contributed by atoms with van der Waals surface area (Å²) in [6.07, 6.45) is -0.441. The van der Waals surface area contributed by atoms with E-state index in [0.29, 0.717) is 22.7 Å². The van der Waals surface area contributed by atoms with Crippen LogP contribution in [-0.4, -0.2) is 65.6 Å². The molecule has 1 atom stereocenters. The molecular formula is C21H27N4O5P. The highest BCUT2D eigenvalue weighted by Gasteiger charge is 2.50. The van der Waals surface area contributed by atoms with E-state index in [9.17, 15) is 14.6 Å². The summed E-state index contributed by atoms with van der Waals surface area (Å²) in [7, 11) is 0.397. The van der Waals surface area contributed by atoms with E-state index in [4.69, 9.17) is 9.26 Å². The number of anilines is 1. The van der Waals surface area contributed by atoms with Crippen LogP contribution in [-0.2, 0) is 9.09 Å². The van der Waals surface area contributed by atoms with Crippen LogP contribution in [0.15, 0.2) is 42.5 Å². The molecule has 2 fully saturated rings. The first kappa shape index (κ1) is 21.8.